The molecular weight excluding hydrogens is 320 g/mol. The third-order valence-electron chi connectivity index (χ3n) is 3.40. The molecular formula is C19H11ClN4. The molecule has 1 heterocycles. The molecule has 0 aliphatic rings. The fourth-order valence-corrected chi connectivity index (χ4v) is 2.50. The van der Waals surface area contributed by atoms with Gasteiger partial charge in [0.15, 0.2) is 0 Å². The topological polar surface area (TPSA) is 65.4 Å². The number of hydrogen-bond acceptors (Lipinski definition) is 3. The van der Waals surface area contributed by atoms with Crippen molar-refractivity contribution in [1.82, 2.24) is 9.78 Å². The van der Waals surface area contributed by atoms with Crippen molar-refractivity contribution in [1.29, 1.82) is 10.5 Å². The van der Waals surface area contributed by atoms with Crippen molar-refractivity contribution in [2.75, 3.05) is 0 Å². The number of nitriles is 2. The highest BCUT2D eigenvalue weighted by atomic mass is 35.5. The van der Waals surface area contributed by atoms with Crippen molar-refractivity contribution in [3.63, 3.8) is 0 Å². The molecule has 3 aromatic rings. The quantitative estimate of drug-likeness (QED) is 0.658. The summed E-state index contributed by atoms with van der Waals surface area (Å²) in [5.74, 6) is 0. The van der Waals surface area contributed by atoms with Gasteiger partial charge >= 0.3 is 0 Å². The summed E-state index contributed by atoms with van der Waals surface area (Å²) < 4.78 is 1.72. The fourth-order valence-electron chi connectivity index (χ4n) is 2.31. The van der Waals surface area contributed by atoms with Crippen LogP contribution >= 0.6 is 11.6 Å². The second-order valence-electron chi connectivity index (χ2n) is 5.01. The lowest BCUT2D eigenvalue weighted by atomic mass is 10.1. The zero-order valence-electron chi connectivity index (χ0n) is 12.5. The predicted molar refractivity (Wildman–Crippen MR) is 93.2 cm³/mol. The molecule has 0 N–H and O–H groups in total. The van der Waals surface area contributed by atoms with Crippen molar-refractivity contribution < 1.29 is 0 Å². The van der Waals surface area contributed by atoms with Crippen LogP contribution in [-0.2, 0) is 0 Å². The summed E-state index contributed by atoms with van der Waals surface area (Å²) in [5, 5.41) is 23.3. The van der Waals surface area contributed by atoms with Gasteiger partial charge in [-0.25, -0.2) is 4.68 Å². The molecule has 3 rings (SSSR count). The predicted octanol–water partition coefficient (Wildman–Crippen LogP) is 4.62. The van der Waals surface area contributed by atoms with Crippen molar-refractivity contribution in [2.45, 2.75) is 0 Å². The van der Waals surface area contributed by atoms with Crippen LogP contribution in [0.3, 0.4) is 0 Å². The van der Waals surface area contributed by atoms with Crippen LogP contribution in [0.2, 0.25) is 5.02 Å². The first-order chi connectivity index (χ1) is 11.7. The highest BCUT2D eigenvalue weighted by Gasteiger charge is 2.12. The van der Waals surface area contributed by atoms with E-state index in [1.807, 2.05) is 54.6 Å². The van der Waals surface area contributed by atoms with E-state index in [0.717, 1.165) is 11.3 Å². The maximum Gasteiger partial charge on any atom is 0.130 e. The van der Waals surface area contributed by atoms with E-state index in [1.54, 1.807) is 23.0 Å². The summed E-state index contributed by atoms with van der Waals surface area (Å²) in [5.41, 5.74) is 3.06. The fraction of sp³-hybridized carbons (Fsp3) is 0. The van der Waals surface area contributed by atoms with Crippen molar-refractivity contribution in [3.8, 4) is 29.1 Å². The lowest BCUT2D eigenvalue weighted by Gasteiger charge is -2.01. The molecule has 0 radical (unpaired) electrons. The van der Waals surface area contributed by atoms with E-state index in [2.05, 4.69) is 5.10 Å². The van der Waals surface area contributed by atoms with E-state index in [-0.39, 0.29) is 5.57 Å². The second-order valence-corrected chi connectivity index (χ2v) is 5.44. The van der Waals surface area contributed by atoms with Crippen molar-refractivity contribution in [2.24, 2.45) is 0 Å². The van der Waals surface area contributed by atoms with Crippen LogP contribution in [0.5, 0.6) is 0 Å². The van der Waals surface area contributed by atoms with Gasteiger partial charge in [-0.15, -0.1) is 0 Å². The van der Waals surface area contributed by atoms with Crippen molar-refractivity contribution in [3.05, 3.63) is 77.0 Å². The summed E-state index contributed by atoms with van der Waals surface area (Å²) in [6.07, 6.45) is 3.32. The number of para-hydroxylation sites is 1. The molecule has 2 aromatic carbocycles. The lowest BCUT2D eigenvalue weighted by Crippen LogP contribution is -1.93. The number of rotatable bonds is 3. The van der Waals surface area contributed by atoms with Crippen LogP contribution in [0.1, 0.15) is 5.56 Å². The van der Waals surface area contributed by atoms with Gasteiger partial charge in [0.1, 0.15) is 23.4 Å². The van der Waals surface area contributed by atoms with Crippen molar-refractivity contribution >= 4 is 17.7 Å². The Bertz CT molecular complexity index is 972. The van der Waals surface area contributed by atoms with Gasteiger partial charge in [-0.05, 0) is 30.3 Å². The molecule has 0 atom stereocenters. The number of nitrogens with zero attached hydrogens (tertiary/aromatic N) is 4. The molecule has 114 valence electrons. The highest BCUT2D eigenvalue weighted by Crippen LogP contribution is 2.27. The van der Waals surface area contributed by atoms with Crippen LogP contribution in [-0.4, -0.2) is 9.78 Å². The molecule has 0 unspecified atom stereocenters. The Labute approximate surface area is 144 Å². The van der Waals surface area contributed by atoms with Gasteiger partial charge in [-0.3, -0.25) is 0 Å². The summed E-state index contributed by atoms with van der Waals surface area (Å²) in [6, 6.07) is 20.7. The van der Waals surface area contributed by atoms with Gasteiger partial charge in [0.25, 0.3) is 0 Å². The van der Waals surface area contributed by atoms with Crippen LogP contribution < -0.4 is 0 Å². The molecule has 24 heavy (non-hydrogen) atoms. The molecule has 0 saturated heterocycles. The van der Waals surface area contributed by atoms with Gasteiger partial charge in [-0.2, -0.15) is 15.6 Å². The smallest absolute Gasteiger partial charge is 0.130 e. The molecule has 0 spiro atoms. The molecule has 0 aliphatic heterocycles. The van der Waals surface area contributed by atoms with E-state index in [1.165, 1.54) is 6.08 Å². The Morgan fingerprint density at radius 1 is 1.04 bits per heavy atom. The largest absolute Gasteiger partial charge is 0.240 e. The third-order valence-corrected chi connectivity index (χ3v) is 3.64. The maximum atomic E-state index is 9.03. The molecule has 0 saturated carbocycles. The van der Waals surface area contributed by atoms with Gasteiger partial charge in [-0.1, -0.05) is 41.9 Å². The number of halogens is 1. The molecule has 5 heteroatoms. The number of benzene rings is 2. The molecule has 0 amide bonds. The van der Waals surface area contributed by atoms with E-state index >= 15 is 0 Å². The van der Waals surface area contributed by atoms with E-state index in [9.17, 15) is 0 Å². The molecule has 1 aromatic heterocycles. The van der Waals surface area contributed by atoms with Gasteiger partial charge in [0.05, 0.1) is 5.69 Å². The second kappa shape index (κ2) is 6.83. The number of hydrogen-bond donors (Lipinski definition) is 0. The summed E-state index contributed by atoms with van der Waals surface area (Å²) in [7, 11) is 0. The Hall–Kier alpha value is -3.34. The highest BCUT2D eigenvalue weighted by molar-refractivity contribution is 6.30. The monoisotopic (exact) mass is 330 g/mol. The standard InChI is InChI=1S/C19H11ClN4/c20-17-6-4-5-15(10-17)19-16(9-14(11-21)12-22)13-24(23-19)18-7-2-1-3-8-18/h1-10,13H. The van der Waals surface area contributed by atoms with E-state index in [0.29, 0.717) is 16.3 Å². The minimum absolute atomic E-state index is 0.0193. The van der Waals surface area contributed by atoms with E-state index < -0.39 is 0 Å². The zero-order valence-corrected chi connectivity index (χ0v) is 13.3. The normalized spacial score (nSPS) is 9.79. The summed E-state index contributed by atoms with van der Waals surface area (Å²) in [4.78, 5) is 0. The summed E-state index contributed by atoms with van der Waals surface area (Å²) >= 11 is 6.08. The van der Waals surface area contributed by atoms with Crippen LogP contribution in [0.15, 0.2) is 66.4 Å². The van der Waals surface area contributed by atoms with Crippen LogP contribution in [0.4, 0.5) is 0 Å². The SMILES string of the molecule is N#CC(C#N)=Cc1cn(-c2ccccc2)nc1-c1cccc(Cl)c1. The number of aromatic nitrogens is 2. The van der Waals surface area contributed by atoms with Crippen LogP contribution in [0.25, 0.3) is 23.0 Å². The first-order valence-corrected chi connectivity index (χ1v) is 7.52. The average Bonchev–Trinajstić information content (AvgIpc) is 3.04. The molecule has 4 nitrogen and oxygen atoms in total. The van der Waals surface area contributed by atoms with E-state index in [4.69, 9.17) is 22.1 Å². The molecule has 0 aliphatic carbocycles. The Balaban J connectivity index is 2.19. The number of allylic oxidation sites excluding steroid dienone is 1. The minimum atomic E-state index is 0.0193. The lowest BCUT2D eigenvalue weighted by molar-refractivity contribution is 0.884. The maximum absolute atomic E-state index is 9.03. The minimum Gasteiger partial charge on any atom is -0.240 e. The summed E-state index contributed by atoms with van der Waals surface area (Å²) in [6.45, 7) is 0. The first kappa shape index (κ1) is 15.6. The zero-order chi connectivity index (χ0) is 16.9. The Morgan fingerprint density at radius 2 is 1.79 bits per heavy atom. The molecule has 0 bridgehead atoms. The molecule has 0 fully saturated rings. The first-order valence-electron chi connectivity index (χ1n) is 7.14. The van der Waals surface area contributed by atoms with Gasteiger partial charge in [0, 0.05) is 22.3 Å². The Morgan fingerprint density at radius 3 is 2.46 bits per heavy atom. The third kappa shape index (κ3) is 3.20. The van der Waals surface area contributed by atoms with Crippen LogP contribution in [0, 0.1) is 22.7 Å². The van der Waals surface area contributed by atoms with Gasteiger partial charge in [0.2, 0.25) is 0 Å². The van der Waals surface area contributed by atoms with Gasteiger partial charge < -0.3 is 0 Å². The average molecular weight is 331 g/mol. The Kier molecular flexibility index (Phi) is 4.43.